The van der Waals surface area contributed by atoms with Crippen LogP contribution in [0.2, 0.25) is 10.0 Å². The van der Waals surface area contributed by atoms with E-state index in [4.69, 9.17) is 28.9 Å². The summed E-state index contributed by atoms with van der Waals surface area (Å²) < 4.78 is 0. The van der Waals surface area contributed by atoms with E-state index < -0.39 is 6.10 Å². The standard InChI is InChI=1S/C20H24Cl2N2O/c1-12-4-3-5-13(2)15(12)10-20(6-7-20)24-11-18(25)14-8-16(21)19(23)17(22)9-14/h3-5,8-9,18,24-25H,6-7,10-11,23H2,1-2H3. The number of nitrogen functional groups attached to an aromatic ring is 1. The van der Waals surface area contributed by atoms with Crippen molar-refractivity contribution in [3.8, 4) is 0 Å². The van der Waals surface area contributed by atoms with Crippen molar-refractivity contribution in [2.75, 3.05) is 12.3 Å². The minimum absolute atomic E-state index is 0.0826. The molecule has 0 radical (unpaired) electrons. The first kappa shape index (κ1) is 18.5. The zero-order valence-electron chi connectivity index (χ0n) is 14.6. The quantitative estimate of drug-likeness (QED) is 0.644. The Bertz CT molecular complexity index is 744. The lowest BCUT2D eigenvalue weighted by molar-refractivity contribution is 0.167. The second-order valence-corrected chi connectivity index (χ2v) is 7.94. The number of nitrogens with two attached hydrogens (primary N) is 1. The largest absolute Gasteiger partial charge is 0.396 e. The van der Waals surface area contributed by atoms with Crippen molar-refractivity contribution in [3.63, 3.8) is 0 Å². The SMILES string of the molecule is Cc1cccc(C)c1CC1(NCC(O)c2cc(Cl)c(N)c(Cl)c2)CC1. The van der Waals surface area contributed by atoms with Gasteiger partial charge < -0.3 is 16.2 Å². The summed E-state index contributed by atoms with van der Waals surface area (Å²) in [6.45, 7) is 4.78. The third-order valence-electron chi connectivity index (χ3n) is 5.17. The molecule has 1 unspecified atom stereocenters. The Balaban J connectivity index is 1.67. The maximum atomic E-state index is 10.5. The highest BCUT2D eigenvalue weighted by Gasteiger charge is 2.42. The fourth-order valence-electron chi connectivity index (χ4n) is 3.26. The van der Waals surface area contributed by atoms with Gasteiger partial charge in [0.15, 0.2) is 0 Å². The Hall–Kier alpha value is -1.26. The molecule has 3 nitrogen and oxygen atoms in total. The molecule has 0 heterocycles. The maximum absolute atomic E-state index is 10.5. The van der Waals surface area contributed by atoms with Gasteiger partial charge in [0.1, 0.15) is 0 Å². The van der Waals surface area contributed by atoms with Gasteiger partial charge in [-0.15, -0.1) is 0 Å². The van der Waals surface area contributed by atoms with E-state index in [1.807, 2.05) is 0 Å². The van der Waals surface area contributed by atoms with Crippen LogP contribution < -0.4 is 11.1 Å². The molecule has 25 heavy (non-hydrogen) atoms. The van der Waals surface area contributed by atoms with Crippen LogP contribution in [0.5, 0.6) is 0 Å². The van der Waals surface area contributed by atoms with Crippen LogP contribution in [0.3, 0.4) is 0 Å². The van der Waals surface area contributed by atoms with Crippen LogP contribution in [-0.4, -0.2) is 17.2 Å². The average molecular weight is 379 g/mol. The molecule has 5 heteroatoms. The number of halogens is 2. The topological polar surface area (TPSA) is 58.3 Å². The van der Waals surface area contributed by atoms with E-state index in [0.29, 0.717) is 27.8 Å². The van der Waals surface area contributed by atoms with Crippen LogP contribution in [0.1, 0.15) is 41.2 Å². The summed E-state index contributed by atoms with van der Waals surface area (Å²) in [5.74, 6) is 0. The number of aliphatic hydroxyl groups excluding tert-OH is 1. The molecule has 0 bridgehead atoms. The lowest BCUT2D eigenvalue weighted by Crippen LogP contribution is -2.37. The molecule has 134 valence electrons. The summed E-state index contributed by atoms with van der Waals surface area (Å²) in [5.41, 5.74) is 10.9. The van der Waals surface area contributed by atoms with Crippen LogP contribution >= 0.6 is 23.2 Å². The Morgan fingerprint density at radius 3 is 2.24 bits per heavy atom. The van der Waals surface area contributed by atoms with E-state index in [-0.39, 0.29) is 5.54 Å². The van der Waals surface area contributed by atoms with Crippen molar-refractivity contribution in [2.45, 2.75) is 44.8 Å². The second-order valence-electron chi connectivity index (χ2n) is 7.12. The molecule has 0 aliphatic heterocycles. The minimum atomic E-state index is -0.675. The van der Waals surface area contributed by atoms with Crippen LogP contribution in [0.4, 0.5) is 5.69 Å². The number of hydrogen-bond acceptors (Lipinski definition) is 3. The molecule has 1 aliphatic rings. The smallest absolute Gasteiger partial charge is 0.0915 e. The van der Waals surface area contributed by atoms with Gasteiger partial charge in [-0.2, -0.15) is 0 Å². The first-order valence-corrected chi connectivity index (χ1v) is 9.29. The van der Waals surface area contributed by atoms with E-state index in [0.717, 1.165) is 19.3 Å². The lowest BCUT2D eigenvalue weighted by atomic mass is 9.95. The monoisotopic (exact) mass is 378 g/mol. The van der Waals surface area contributed by atoms with Crippen molar-refractivity contribution in [2.24, 2.45) is 0 Å². The molecule has 1 fully saturated rings. The fourth-order valence-corrected chi connectivity index (χ4v) is 3.76. The molecule has 2 aromatic rings. The van der Waals surface area contributed by atoms with E-state index in [1.165, 1.54) is 16.7 Å². The van der Waals surface area contributed by atoms with Gasteiger partial charge in [-0.1, -0.05) is 41.4 Å². The van der Waals surface area contributed by atoms with Gasteiger partial charge in [-0.25, -0.2) is 0 Å². The fraction of sp³-hybridized carbons (Fsp3) is 0.400. The molecular formula is C20H24Cl2N2O. The molecule has 0 spiro atoms. The van der Waals surface area contributed by atoms with Crippen molar-refractivity contribution in [1.29, 1.82) is 0 Å². The van der Waals surface area contributed by atoms with Gasteiger partial charge in [0.2, 0.25) is 0 Å². The van der Waals surface area contributed by atoms with E-state index in [9.17, 15) is 5.11 Å². The van der Waals surface area contributed by atoms with E-state index >= 15 is 0 Å². The molecule has 0 amide bonds. The number of anilines is 1. The highest BCUT2D eigenvalue weighted by atomic mass is 35.5. The number of aryl methyl sites for hydroxylation is 2. The number of nitrogens with one attached hydrogen (secondary N) is 1. The van der Waals surface area contributed by atoms with Gasteiger partial charge >= 0.3 is 0 Å². The predicted octanol–water partition coefficient (Wildman–Crippen LogP) is 4.59. The first-order chi connectivity index (χ1) is 11.8. The zero-order chi connectivity index (χ0) is 18.2. The Kier molecular flexibility index (Phi) is 5.31. The van der Waals surface area contributed by atoms with E-state index in [1.54, 1.807) is 12.1 Å². The summed E-state index contributed by atoms with van der Waals surface area (Å²) in [5, 5.41) is 14.8. The van der Waals surface area contributed by atoms with Gasteiger partial charge in [0.25, 0.3) is 0 Å². The molecule has 0 aromatic heterocycles. The van der Waals surface area contributed by atoms with E-state index in [2.05, 4.69) is 37.4 Å². The Labute approximate surface area is 159 Å². The van der Waals surface area contributed by atoms with Crippen LogP contribution in [0.25, 0.3) is 0 Å². The van der Waals surface area contributed by atoms with Gasteiger partial charge in [-0.3, -0.25) is 0 Å². The first-order valence-electron chi connectivity index (χ1n) is 8.54. The number of β-amino-alcohol motifs (C(OH)–C–C–N with tert-alkyl or cyclic N) is 1. The number of benzene rings is 2. The minimum Gasteiger partial charge on any atom is -0.396 e. The molecule has 3 rings (SSSR count). The normalized spacial score (nSPS) is 16.7. The number of rotatable bonds is 6. The average Bonchev–Trinajstić information content (AvgIpc) is 3.34. The van der Waals surface area contributed by atoms with Gasteiger partial charge in [0, 0.05) is 12.1 Å². The molecule has 1 saturated carbocycles. The van der Waals surface area contributed by atoms with Crippen molar-refractivity contribution in [3.05, 3.63) is 62.6 Å². The number of hydrogen-bond donors (Lipinski definition) is 3. The maximum Gasteiger partial charge on any atom is 0.0915 e. The predicted molar refractivity (Wildman–Crippen MR) is 105 cm³/mol. The Morgan fingerprint density at radius 2 is 1.72 bits per heavy atom. The summed E-state index contributed by atoms with van der Waals surface area (Å²) >= 11 is 12.1. The number of aliphatic hydroxyl groups is 1. The molecule has 4 N–H and O–H groups in total. The summed E-state index contributed by atoms with van der Waals surface area (Å²) in [4.78, 5) is 0. The Morgan fingerprint density at radius 1 is 1.16 bits per heavy atom. The van der Waals surface area contributed by atoms with Crippen LogP contribution in [-0.2, 0) is 6.42 Å². The van der Waals surface area contributed by atoms with Crippen molar-refractivity contribution >= 4 is 28.9 Å². The molecule has 2 aromatic carbocycles. The molecule has 1 aliphatic carbocycles. The highest BCUT2D eigenvalue weighted by molar-refractivity contribution is 6.38. The van der Waals surface area contributed by atoms with Gasteiger partial charge in [-0.05, 0) is 67.5 Å². The zero-order valence-corrected chi connectivity index (χ0v) is 16.1. The molecule has 0 saturated heterocycles. The summed E-state index contributed by atoms with van der Waals surface area (Å²) in [6.07, 6.45) is 2.56. The third kappa shape index (κ3) is 4.12. The molecular weight excluding hydrogens is 355 g/mol. The van der Waals surface area contributed by atoms with Crippen molar-refractivity contribution in [1.82, 2.24) is 5.32 Å². The highest BCUT2D eigenvalue weighted by Crippen LogP contribution is 2.40. The lowest BCUT2D eigenvalue weighted by Gasteiger charge is -2.22. The second kappa shape index (κ2) is 7.16. The van der Waals surface area contributed by atoms with Crippen molar-refractivity contribution < 1.29 is 5.11 Å². The van der Waals surface area contributed by atoms with Crippen LogP contribution in [0.15, 0.2) is 30.3 Å². The third-order valence-corrected chi connectivity index (χ3v) is 5.80. The summed E-state index contributed by atoms with van der Waals surface area (Å²) in [6, 6.07) is 9.77. The van der Waals surface area contributed by atoms with Gasteiger partial charge in [0.05, 0.1) is 21.8 Å². The molecule has 1 atom stereocenters. The van der Waals surface area contributed by atoms with Crippen LogP contribution in [0, 0.1) is 13.8 Å². The summed E-state index contributed by atoms with van der Waals surface area (Å²) in [7, 11) is 0.